The van der Waals surface area contributed by atoms with Crippen LogP contribution in [0.5, 0.6) is 5.75 Å². The molecule has 1 aromatic rings. The van der Waals surface area contributed by atoms with Crippen molar-refractivity contribution in [3.8, 4) is 5.75 Å². The highest BCUT2D eigenvalue weighted by atomic mass is 16.5. The van der Waals surface area contributed by atoms with E-state index in [0.717, 1.165) is 16.9 Å². The van der Waals surface area contributed by atoms with Crippen LogP contribution in [0.15, 0.2) is 18.2 Å². The number of ether oxygens (including phenoxy) is 1. The molecular formula is C15H23NO3. The highest BCUT2D eigenvalue weighted by molar-refractivity contribution is 5.68. The molecule has 0 bridgehead atoms. The number of hydrogen-bond acceptors (Lipinski definition) is 3. The maximum Gasteiger partial charge on any atom is 0.305 e. The van der Waals surface area contributed by atoms with Crippen molar-refractivity contribution in [2.75, 3.05) is 14.2 Å². The van der Waals surface area contributed by atoms with Gasteiger partial charge in [0, 0.05) is 6.04 Å². The van der Waals surface area contributed by atoms with E-state index in [1.807, 2.05) is 18.2 Å². The Morgan fingerprint density at radius 3 is 2.47 bits per heavy atom. The minimum atomic E-state index is -0.813. The zero-order valence-corrected chi connectivity index (χ0v) is 12.3. The quantitative estimate of drug-likeness (QED) is 0.859. The Morgan fingerprint density at radius 2 is 2.05 bits per heavy atom. The minimum absolute atomic E-state index is 0.0527. The molecule has 1 rings (SSSR count). The lowest BCUT2D eigenvalue weighted by Crippen LogP contribution is -2.21. The summed E-state index contributed by atoms with van der Waals surface area (Å²) in [5.41, 5.74) is 2.00. The maximum absolute atomic E-state index is 10.9. The van der Waals surface area contributed by atoms with Crippen molar-refractivity contribution in [3.05, 3.63) is 29.3 Å². The first-order chi connectivity index (χ1) is 8.79. The molecule has 4 heteroatoms. The lowest BCUT2D eigenvalue weighted by Gasteiger charge is -2.24. The number of carboxylic acids is 1. The largest absolute Gasteiger partial charge is 0.496 e. The predicted molar refractivity (Wildman–Crippen MR) is 75.7 cm³/mol. The van der Waals surface area contributed by atoms with Crippen LogP contribution in [0.1, 0.15) is 44.4 Å². The summed E-state index contributed by atoms with van der Waals surface area (Å²) in [4.78, 5) is 10.9. The Labute approximate surface area is 114 Å². The van der Waals surface area contributed by atoms with Crippen LogP contribution < -0.4 is 10.1 Å². The van der Waals surface area contributed by atoms with E-state index in [-0.39, 0.29) is 17.9 Å². The van der Waals surface area contributed by atoms with Gasteiger partial charge >= 0.3 is 5.97 Å². The third-order valence-electron chi connectivity index (χ3n) is 3.16. The molecule has 2 N–H and O–H groups in total. The Balaban J connectivity index is 3.20. The monoisotopic (exact) mass is 265 g/mol. The van der Waals surface area contributed by atoms with Crippen LogP contribution in [0, 0.1) is 0 Å². The first-order valence-electron chi connectivity index (χ1n) is 6.37. The second-order valence-corrected chi connectivity index (χ2v) is 5.65. The smallest absolute Gasteiger partial charge is 0.305 e. The van der Waals surface area contributed by atoms with E-state index in [1.165, 1.54) is 0 Å². The van der Waals surface area contributed by atoms with Crippen molar-refractivity contribution in [1.82, 2.24) is 5.32 Å². The van der Waals surface area contributed by atoms with Gasteiger partial charge in [-0.25, -0.2) is 0 Å². The molecule has 0 heterocycles. The van der Waals surface area contributed by atoms with Gasteiger partial charge in [-0.05, 0) is 35.7 Å². The first kappa shape index (κ1) is 15.5. The molecule has 0 amide bonds. The highest BCUT2D eigenvalue weighted by Crippen LogP contribution is 2.33. The lowest BCUT2D eigenvalue weighted by atomic mass is 9.84. The Morgan fingerprint density at radius 1 is 1.42 bits per heavy atom. The van der Waals surface area contributed by atoms with Crippen molar-refractivity contribution < 1.29 is 14.6 Å². The minimum Gasteiger partial charge on any atom is -0.496 e. The Hall–Kier alpha value is -1.55. The predicted octanol–water partition coefficient (Wildman–Crippen LogP) is 2.73. The molecular weight excluding hydrogens is 242 g/mol. The maximum atomic E-state index is 10.9. The van der Waals surface area contributed by atoms with Crippen LogP contribution in [-0.2, 0) is 10.2 Å². The molecule has 0 aromatic heterocycles. The van der Waals surface area contributed by atoms with Crippen LogP contribution in [0.4, 0.5) is 0 Å². The second-order valence-electron chi connectivity index (χ2n) is 5.65. The van der Waals surface area contributed by atoms with Gasteiger partial charge in [-0.15, -0.1) is 0 Å². The SMILES string of the molecule is CNC(CC(=O)O)c1ccc(OC)c(C(C)(C)C)c1. The zero-order chi connectivity index (χ0) is 14.6. The summed E-state index contributed by atoms with van der Waals surface area (Å²) < 4.78 is 5.38. The molecule has 1 aromatic carbocycles. The molecule has 4 nitrogen and oxygen atoms in total. The van der Waals surface area contributed by atoms with Crippen molar-refractivity contribution in [2.45, 2.75) is 38.6 Å². The molecule has 106 valence electrons. The molecule has 1 atom stereocenters. The van der Waals surface area contributed by atoms with E-state index in [2.05, 4.69) is 26.1 Å². The third kappa shape index (κ3) is 3.96. The number of benzene rings is 1. The molecule has 0 radical (unpaired) electrons. The number of hydrogen-bond donors (Lipinski definition) is 2. The van der Waals surface area contributed by atoms with Gasteiger partial charge in [0.1, 0.15) is 5.75 Å². The molecule has 0 saturated carbocycles. The van der Waals surface area contributed by atoms with E-state index in [0.29, 0.717) is 0 Å². The normalized spacial score (nSPS) is 13.1. The van der Waals surface area contributed by atoms with Gasteiger partial charge in [0.25, 0.3) is 0 Å². The summed E-state index contributed by atoms with van der Waals surface area (Å²) in [5, 5.41) is 12.0. The van der Waals surface area contributed by atoms with E-state index in [9.17, 15) is 4.79 Å². The van der Waals surface area contributed by atoms with Gasteiger partial charge in [0.15, 0.2) is 0 Å². The second kappa shape index (κ2) is 6.06. The van der Waals surface area contributed by atoms with Gasteiger partial charge in [0.2, 0.25) is 0 Å². The average molecular weight is 265 g/mol. The molecule has 0 aliphatic carbocycles. The van der Waals surface area contributed by atoms with Crippen LogP contribution in [0.3, 0.4) is 0 Å². The standard InChI is InChI=1S/C15H23NO3/c1-15(2,3)11-8-10(6-7-13(11)19-5)12(16-4)9-14(17)18/h6-8,12,16H,9H2,1-5H3,(H,17,18). The third-order valence-corrected chi connectivity index (χ3v) is 3.16. The molecule has 0 saturated heterocycles. The van der Waals surface area contributed by atoms with Crippen molar-refractivity contribution in [3.63, 3.8) is 0 Å². The van der Waals surface area contributed by atoms with Crippen LogP contribution in [0.25, 0.3) is 0 Å². The Bertz CT molecular complexity index is 449. The summed E-state index contributed by atoms with van der Waals surface area (Å²) in [7, 11) is 3.42. The van der Waals surface area contributed by atoms with E-state index >= 15 is 0 Å². The van der Waals surface area contributed by atoms with Gasteiger partial charge in [-0.3, -0.25) is 4.79 Å². The number of carboxylic acid groups (broad SMARTS) is 1. The van der Waals surface area contributed by atoms with E-state index < -0.39 is 5.97 Å². The lowest BCUT2D eigenvalue weighted by molar-refractivity contribution is -0.137. The summed E-state index contributed by atoms with van der Waals surface area (Å²) in [6, 6.07) is 5.66. The number of methoxy groups -OCH3 is 1. The number of carbonyl (C=O) groups is 1. The number of nitrogens with one attached hydrogen (secondary N) is 1. The number of aliphatic carboxylic acids is 1. The van der Waals surface area contributed by atoms with Crippen LogP contribution >= 0.6 is 0 Å². The molecule has 0 spiro atoms. The summed E-state index contributed by atoms with van der Waals surface area (Å²) in [6.45, 7) is 6.33. The van der Waals surface area contributed by atoms with Gasteiger partial charge in [-0.2, -0.15) is 0 Å². The van der Waals surface area contributed by atoms with Gasteiger partial charge in [-0.1, -0.05) is 26.8 Å². The van der Waals surface area contributed by atoms with Crippen LogP contribution in [0.2, 0.25) is 0 Å². The molecule has 19 heavy (non-hydrogen) atoms. The van der Waals surface area contributed by atoms with Crippen molar-refractivity contribution >= 4 is 5.97 Å². The zero-order valence-electron chi connectivity index (χ0n) is 12.3. The van der Waals surface area contributed by atoms with Gasteiger partial charge < -0.3 is 15.2 Å². The molecule has 0 aliphatic heterocycles. The first-order valence-corrected chi connectivity index (χ1v) is 6.37. The van der Waals surface area contributed by atoms with Gasteiger partial charge in [0.05, 0.1) is 13.5 Å². The fourth-order valence-corrected chi connectivity index (χ4v) is 2.09. The summed E-state index contributed by atoms with van der Waals surface area (Å²) >= 11 is 0. The topological polar surface area (TPSA) is 58.6 Å². The molecule has 0 aliphatic rings. The highest BCUT2D eigenvalue weighted by Gasteiger charge is 2.22. The fraction of sp³-hybridized carbons (Fsp3) is 0.533. The molecule has 1 unspecified atom stereocenters. The summed E-state index contributed by atoms with van der Waals surface area (Å²) in [6.07, 6.45) is 0.0619. The van der Waals surface area contributed by atoms with E-state index in [4.69, 9.17) is 9.84 Å². The Kier molecular flexibility index (Phi) is 4.95. The summed E-state index contributed by atoms with van der Waals surface area (Å²) in [5.74, 6) is 0.0221. The fourth-order valence-electron chi connectivity index (χ4n) is 2.09. The van der Waals surface area contributed by atoms with Crippen LogP contribution in [-0.4, -0.2) is 25.2 Å². The van der Waals surface area contributed by atoms with Crippen molar-refractivity contribution in [2.24, 2.45) is 0 Å². The van der Waals surface area contributed by atoms with E-state index in [1.54, 1.807) is 14.2 Å². The number of rotatable bonds is 5. The average Bonchev–Trinajstić information content (AvgIpc) is 2.34. The molecule has 0 fully saturated rings. The van der Waals surface area contributed by atoms with Crippen molar-refractivity contribution in [1.29, 1.82) is 0 Å².